The highest BCUT2D eigenvalue weighted by molar-refractivity contribution is 7.99. The average molecular weight is 267 g/mol. The summed E-state index contributed by atoms with van der Waals surface area (Å²) in [6, 6.07) is 2.57. The van der Waals surface area contributed by atoms with E-state index in [9.17, 15) is 0 Å². The number of hydrogen-bond acceptors (Lipinski definition) is 5. The molecule has 1 rings (SSSR count). The second-order valence-corrected chi connectivity index (χ2v) is 6.31. The molecule has 0 amide bonds. The molecule has 6 heteroatoms. The number of nitrogens with two attached hydrogens (primary N) is 1. The molecule has 0 aliphatic rings. The zero-order valence-electron chi connectivity index (χ0n) is 11.5. The predicted octanol–water partition coefficient (Wildman–Crippen LogP) is 2.86. The summed E-state index contributed by atoms with van der Waals surface area (Å²) in [5.74, 6) is 1.39. The first-order chi connectivity index (χ1) is 8.37. The molecule has 0 bridgehead atoms. The summed E-state index contributed by atoms with van der Waals surface area (Å²) in [6.07, 6.45) is 1.87. The van der Waals surface area contributed by atoms with Gasteiger partial charge in [0, 0.05) is 11.8 Å². The minimum absolute atomic E-state index is 0.245. The number of nitrogen functional groups attached to an aromatic ring is 1. The van der Waals surface area contributed by atoms with Crippen molar-refractivity contribution in [1.29, 1.82) is 5.26 Å². The van der Waals surface area contributed by atoms with Gasteiger partial charge >= 0.3 is 0 Å². The number of thioether (sulfide) groups is 1. The molecule has 100 valence electrons. The molecule has 0 aliphatic carbocycles. The maximum atomic E-state index is 8.93. The van der Waals surface area contributed by atoms with Crippen molar-refractivity contribution in [3.05, 3.63) is 0 Å². The van der Waals surface area contributed by atoms with Gasteiger partial charge in [-0.1, -0.05) is 11.8 Å². The van der Waals surface area contributed by atoms with Crippen LogP contribution in [-0.2, 0) is 0 Å². The SMILES string of the molecule is CC(C)n1c(N)nnc1SCCCC(C)(C)C#N. The molecule has 0 spiro atoms. The van der Waals surface area contributed by atoms with Gasteiger partial charge in [0.2, 0.25) is 5.95 Å². The maximum absolute atomic E-state index is 8.93. The van der Waals surface area contributed by atoms with E-state index in [1.54, 1.807) is 11.8 Å². The van der Waals surface area contributed by atoms with Gasteiger partial charge in [-0.25, -0.2) is 0 Å². The van der Waals surface area contributed by atoms with Gasteiger partial charge in [0.1, 0.15) is 0 Å². The van der Waals surface area contributed by atoms with Crippen molar-refractivity contribution in [2.24, 2.45) is 5.41 Å². The standard InChI is InChI=1S/C12H21N5S/c1-9(2)17-10(14)15-16-11(17)18-7-5-6-12(3,4)8-13/h9H,5-7H2,1-4H3,(H2,14,15). The molecule has 2 N–H and O–H groups in total. The molecule has 1 heterocycles. The minimum Gasteiger partial charge on any atom is -0.368 e. The molecule has 0 saturated carbocycles. The van der Waals surface area contributed by atoms with Crippen LogP contribution in [0.1, 0.15) is 46.6 Å². The predicted molar refractivity (Wildman–Crippen MR) is 74.2 cm³/mol. The van der Waals surface area contributed by atoms with Gasteiger partial charge in [-0.05, 0) is 40.5 Å². The lowest BCUT2D eigenvalue weighted by atomic mass is 9.90. The number of aromatic nitrogens is 3. The number of hydrogen-bond donors (Lipinski definition) is 1. The highest BCUT2D eigenvalue weighted by atomic mass is 32.2. The van der Waals surface area contributed by atoms with Gasteiger partial charge in [-0.2, -0.15) is 5.26 Å². The van der Waals surface area contributed by atoms with Crippen LogP contribution in [0.4, 0.5) is 5.95 Å². The Hall–Kier alpha value is -1.22. The molecular weight excluding hydrogens is 246 g/mol. The highest BCUT2D eigenvalue weighted by Crippen LogP contribution is 2.26. The third-order valence-corrected chi connectivity index (χ3v) is 3.72. The maximum Gasteiger partial charge on any atom is 0.222 e. The van der Waals surface area contributed by atoms with Crippen molar-refractivity contribution in [2.75, 3.05) is 11.5 Å². The van der Waals surface area contributed by atoms with Crippen LogP contribution in [0.3, 0.4) is 0 Å². The smallest absolute Gasteiger partial charge is 0.222 e. The Kier molecular flexibility index (Phi) is 5.03. The van der Waals surface area contributed by atoms with Gasteiger partial charge in [0.25, 0.3) is 0 Å². The molecule has 0 radical (unpaired) electrons. The van der Waals surface area contributed by atoms with E-state index in [0.717, 1.165) is 23.8 Å². The van der Waals surface area contributed by atoms with Crippen LogP contribution in [0.2, 0.25) is 0 Å². The van der Waals surface area contributed by atoms with Gasteiger partial charge < -0.3 is 5.73 Å². The van der Waals surface area contributed by atoms with Gasteiger partial charge in [0.15, 0.2) is 5.16 Å². The monoisotopic (exact) mass is 267 g/mol. The van der Waals surface area contributed by atoms with Crippen molar-refractivity contribution in [3.8, 4) is 6.07 Å². The van der Waals surface area contributed by atoms with E-state index in [-0.39, 0.29) is 11.5 Å². The first-order valence-corrected chi connectivity index (χ1v) is 7.10. The first-order valence-electron chi connectivity index (χ1n) is 6.12. The Morgan fingerprint density at radius 3 is 2.67 bits per heavy atom. The van der Waals surface area contributed by atoms with Gasteiger partial charge in [0.05, 0.1) is 11.5 Å². The zero-order chi connectivity index (χ0) is 13.8. The van der Waals surface area contributed by atoms with Crippen LogP contribution < -0.4 is 5.73 Å². The molecule has 18 heavy (non-hydrogen) atoms. The number of anilines is 1. The van der Waals surface area contributed by atoms with Crippen molar-refractivity contribution >= 4 is 17.7 Å². The molecule has 0 unspecified atom stereocenters. The van der Waals surface area contributed by atoms with E-state index in [1.807, 2.05) is 18.4 Å². The zero-order valence-corrected chi connectivity index (χ0v) is 12.3. The fourth-order valence-electron chi connectivity index (χ4n) is 1.61. The summed E-state index contributed by atoms with van der Waals surface area (Å²) < 4.78 is 1.93. The summed E-state index contributed by atoms with van der Waals surface area (Å²) in [7, 11) is 0. The lowest BCUT2D eigenvalue weighted by Crippen LogP contribution is -2.09. The number of nitrogens with zero attached hydrogens (tertiary/aromatic N) is 4. The fraction of sp³-hybridized carbons (Fsp3) is 0.750. The summed E-state index contributed by atoms with van der Waals surface area (Å²) in [6.45, 7) is 8.05. The third-order valence-electron chi connectivity index (χ3n) is 2.69. The summed E-state index contributed by atoms with van der Waals surface area (Å²) in [4.78, 5) is 0. The van der Waals surface area contributed by atoms with Crippen LogP contribution in [0.25, 0.3) is 0 Å². The lowest BCUT2D eigenvalue weighted by molar-refractivity contribution is 0.447. The molecule has 1 aromatic heterocycles. The fourth-order valence-corrected chi connectivity index (χ4v) is 2.62. The molecule has 0 fully saturated rings. The van der Waals surface area contributed by atoms with E-state index in [2.05, 4.69) is 30.1 Å². The second kappa shape index (κ2) is 6.10. The Morgan fingerprint density at radius 1 is 1.44 bits per heavy atom. The van der Waals surface area contributed by atoms with Gasteiger partial charge in [-0.3, -0.25) is 4.57 Å². The van der Waals surface area contributed by atoms with Crippen molar-refractivity contribution < 1.29 is 0 Å². The normalized spacial score (nSPS) is 11.8. The molecule has 0 saturated heterocycles. The van der Waals surface area contributed by atoms with Crippen LogP contribution in [-0.4, -0.2) is 20.5 Å². The molecule has 5 nitrogen and oxygen atoms in total. The third kappa shape index (κ3) is 3.91. The van der Waals surface area contributed by atoms with E-state index < -0.39 is 0 Å². The van der Waals surface area contributed by atoms with Gasteiger partial charge in [-0.15, -0.1) is 10.2 Å². The average Bonchev–Trinajstić information content (AvgIpc) is 2.66. The molecule has 0 aliphatic heterocycles. The highest BCUT2D eigenvalue weighted by Gasteiger charge is 2.17. The Morgan fingerprint density at radius 2 is 2.11 bits per heavy atom. The summed E-state index contributed by atoms with van der Waals surface area (Å²) in [5, 5.41) is 17.8. The van der Waals surface area contributed by atoms with E-state index >= 15 is 0 Å². The largest absolute Gasteiger partial charge is 0.368 e. The molecule has 1 aromatic rings. The second-order valence-electron chi connectivity index (χ2n) is 5.25. The Labute approximate surface area is 113 Å². The van der Waals surface area contributed by atoms with E-state index in [1.165, 1.54) is 0 Å². The topological polar surface area (TPSA) is 80.5 Å². The Bertz CT molecular complexity index is 430. The summed E-state index contributed by atoms with van der Waals surface area (Å²) in [5.41, 5.74) is 5.53. The Balaban J connectivity index is 2.48. The van der Waals surface area contributed by atoms with Crippen LogP contribution in [0, 0.1) is 16.7 Å². The summed E-state index contributed by atoms with van der Waals surface area (Å²) >= 11 is 1.65. The van der Waals surface area contributed by atoms with Crippen molar-refractivity contribution in [1.82, 2.24) is 14.8 Å². The molecule has 0 atom stereocenters. The molecule has 0 aromatic carbocycles. The van der Waals surface area contributed by atoms with Crippen LogP contribution in [0.5, 0.6) is 0 Å². The molecular formula is C12H21N5S. The quantitative estimate of drug-likeness (QED) is 0.633. The van der Waals surface area contributed by atoms with Crippen LogP contribution >= 0.6 is 11.8 Å². The van der Waals surface area contributed by atoms with Crippen molar-refractivity contribution in [2.45, 2.75) is 51.7 Å². The minimum atomic E-state index is -0.245. The number of rotatable bonds is 6. The van der Waals surface area contributed by atoms with E-state index in [4.69, 9.17) is 11.0 Å². The van der Waals surface area contributed by atoms with Crippen molar-refractivity contribution in [3.63, 3.8) is 0 Å². The number of nitriles is 1. The first kappa shape index (κ1) is 14.8. The van der Waals surface area contributed by atoms with Crippen LogP contribution in [0.15, 0.2) is 5.16 Å². The van der Waals surface area contributed by atoms with E-state index in [0.29, 0.717) is 5.95 Å². The lowest BCUT2D eigenvalue weighted by Gasteiger charge is -2.14.